The number of carboxylic acid groups (broad SMARTS) is 1. The smallest absolute Gasteiger partial charge is 0.337 e. The van der Waals surface area contributed by atoms with Gasteiger partial charge in [-0.15, -0.1) is 11.3 Å². The van der Waals surface area contributed by atoms with Crippen molar-refractivity contribution in [3.8, 4) is 0 Å². The number of carbonyl (C=O) groups is 1. The van der Waals surface area contributed by atoms with Crippen LogP contribution in [0.4, 0.5) is 11.4 Å². The Hall–Kier alpha value is -2.01. The van der Waals surface area contributed by atoms with E-state index in [0.717, 1.165) is 12.1 Å². The molecule has 0 bridgehead atoms. The largest absolute Gasteiger partial charge is 0.478 e. The highest BCUT2D eigenvalue weighted by atomic mass is 32.1. The molecule has 1 atom stereocenters. The van der Waals surface area contributed by atoms with E-state index in [0.29, 0.717) is 11.7 Å². The molecule has 4 nitrogen and oxygen atoms in total. The van der Waals surface area contributed by atoms with Crippen LogP contribution >= 0.6 is 11.3 Å². The Bertz CT molecular complexity index is 596. The quantitative estimate of drug-likeness (QED) is 0.830. The Kier molecular flexibility index (Phi) is 4.29. The van der Waals surface area contributed by atoms with Gasteiger partial charge in [0, 0.05) is 35.8 Å². The van der Waals surface area contributed by atoms with E-state index in [1.165, 1.54) is 4.88 Å². The molecule has 0 aliphatic heterocycles. The minimum absolute atomic E-state index is 0.146. The molecule has 20 heavy (non-hydrogen) atoms. The maximum atomic E-state index is 11.0. The molecule has 0 aliphatic rings. The number of rotatable bonds is 5. The van der Waals surface area contributed by atoms with E-state index < -0.39 is 5.97 Å². The zero-order valence-electron chi connectivity index (χ0n) is 11.5. The number of nitrogens with zero attached hydrogens (tertiary/aromatic N) is 1. The molecular weight excluding hydrogens is 272 g/mol. The maximum Gasteiger partial charge on any atom is 0.337 e. The van der Waals surface area contributed by atoms with Crippen molar-refractivity contribution >= 4 is 28.7 Å². The second-order valence-corrected chi connectivity index (χ2v) is 5.85. The summed E-state index contributed by atoms with van der Waals surface area (Å²) in [6, 6.07) is 9.55. The fourth-order valence-electron chi connectivity index (χ4n) is 2.08. The summed E-state index contributed by atoms with van der Waals surface area (Å²) < 4.78 is 0. The van der Waals surface area contributed by atoms with Gasteiger partial charge in [0.05, 0.1) is 5.56 Å². The molecule has 0 fully saturated rings. The van der Waals surface area contributed by atoms with Crippen LogP contribution in [0.25, 0.3) is 0 Å². The Morgan fingerprint density at radius 2 is 2.20 bits per heavy atom. The SMILES string of the molecule is CC(Cc1cccs1)N(C)c1ccc(C(=O)O)c(N)c1. The van der Waals surface area contributed by atoms with Gasteiger partial charge in [0.25, 0.3) is 0 Å². The first kappa shape index (κ1) is 14.4. The molecule has 1 aromatic heterocycles. The summed E-state index contributed by atoms with van der Waals surface area (Å²) in [5.41, 5.74) is 7.16. The van der Waals surface area contributed by atoms with Crippen LogP contribution in [0.2, 0.25) is 0 Å². The third-order valence-electron chi connectivity index (χ3n) is 3.41. The van der Waals surface area contributed by atoms with Gasteiger partial charge in [0.2, 0.25) is 0 Å². The molecule has 5 heteroatoms. The van der Waals surface area contributed by atoms with Gasteiger partial charge >= 0.3 is 5.97 Å². The van der Waals surface area contributed by atoms with E-state index in [1.807, 2.05) is 13.1 Å². The fraction of sp³-hybridized carbons (Fsp3) is 0.267. The second kappa shape index (κ2) is 5.96. The summed E-state index contributed by atoms with van der Waals surface area (Å²) in [7, 11) is 1.99. The number of benzene rings is 1. The van der Waals surface area contributed by atoms with E-state index in [9.17, 15) is 4.79 Å². The first-order valence-corrected chi connectivity index (χ1v) is 7.25. The topological polar surface area (TPSA) is 66.6 Å². The second-order valence-electron chi connectivity index (χ2n) is 4.82. The van der Waals surface area contributed by atoms with Crippen LogP contribution < -0.4 is 10.6 Å². The first-order valence-electron chi connectivity index (χ1n) is 6.37. The molecule has 1 aromatic carbocycles. The number of carboxylic acids is 1. The lowest BCUT2D eigenvalue weighted by molar-refractivity contribution is 0.0698. The highest BCUT2D eigenvalue weighted by Gasteiger charge is 2.14. The number of anilines is 2. The number of nitrogens with two attached hydrogens (primary N) is 1. The van der Waals surface area contributed by atoms with Crippen molar-refractivity contribution in [2.75, 3.05) is 17.7 Å². The Morgan fingerprint density at radius 1 is 1.45 bits per heavy atom. The van der Waals surface area contributed by atoms with Crippen molar-refractivity contribution in [3.05, 3.63) is 46.2 Å². The summed E-state index contributed by atoms with van der Waals surface area (Å²) in [4.78, 5) is 14.4. The zero-order chi connectivity index (χ0) is 14.7. The predicted molar refractivity (Wildman–Crippen MR) is 83.7 cm³/mol. The summed E-state index contributed by atoms with van der Waals surface area (Å²) in [5.74, 6) is -0.997. The number of thiophene rings is 1. The monoisotopic (exact) mass is 290 g/mol. The normalized spacial score (nSPS) is 12.1. The first-order chi connectivity index (χ1) is 9.49. The van der Waals surface area contributed by atoms with E-state index >= 15 is 0 Å². The molecule has 1 heterocycles. The molecular formula is C15H18N2O2S. The summed E-state index contributed by atoms with van der Waals surface area (Å²) >= 11 is 1.74. The van der Waals surface area contributed by atoms with Gasteiger partial charge in [-0.2, -0.15) is 0 Å². The maximum absolute atomic E-state index is 11.0. The van der Waals surface area contributed by atoms with E-state index in [1.54, 1.807) is 29.5 Å². The minimum Gasteiger partial charge on any atom is -0.478 e. The van der Waals surface area contributed by atoms with Crippen molar-refractivity contribution in [3.63, 3.8) is 0 Å². The summed E-state index contributed by atoms with van der Waals surface area (Å²) in [6.45, 7) is 2.14. The van der Waals surface area contributed by atoms with Gasteiger partial charge in [0.15, 0.2) is 0 Å². The van der Waals surface area contributed by atoms with E-state index in [-0.39, 0.29) is 5.56 Å². The molecule has 0 aliphatic carbocycles. The summed E-state index contributed by atoms with van der Waals surface area (Å²) in [5, 5.41) is 11.1. The minimum atomic E-state index is -0.997. The molecule has 1 unspecified atom stereocenters. The molecule has 0 saturated heterocycles. The zero-order valence-corrected chi connectivity index (χ0v) is 12.4. The van der Waals surface area contributed by atoms with Gasteiger partial charge in [-0.3, -0.25) is 0 Å². The van der Waals surface area contributed by atoms with Crippen LogP contribution in [0.15, 0.2) is 35.7 Å². The predicted octanol–water partition coefficient (Wildman–Crippen LogP) is 3.10. The van der Waals surface area contributed by atoms with Crippen molar-refractivity contribution in [2.24, 2.45) is 0 Å². The lowest BCUT2D eigenvalue weighted by atomic mass is 10.1. The van der Waals surface area contributed by atoms with Crippen molar-refractivity contribution in [1.82, 2.24) is 0 Å². The molecule has 0 radical (unpaired) electrons. The van der Waals surface area contributed by atoms with Crippen molar-refractivity contribution in [1.29, 1.82) is 0 Å². The Balaban J connectivity index is 2.14. The van der Waals surface area contributed by atoms with E-state index in [2.05, 4.69) is 23.3 Å². The van der Waals surface area contributed by atoms with Crippen LogP contribution in [-0.4, -0.2) is 24.2 Å². The third-order valence-corrected chi connectivity index (χ3v) is 4.31. The number of likely N-dealkylation sites (N-methyl/N-ethyl adjacent to an activating group) is 1. The molecule has 3 N–H and O–H groups in total. The average Bonchev–Trinajstić information content (AvgIpc) is 2.90. The number of hydrogen-bond acceptors (Lipinski definition) is 4. The summed E-state index contributed by atoms with van der Waals surface area (Å²) in [6.07, 6.45) is 0.953. The molecule has 106 valence electrons. The standard InChI is InChI=1S/C15H18N2O2S/c1-10(8-12-4-3-7-20-12)17(2)11-5-6-13(15(18)19)14(16)9-11/h3-7,9-10H,8,16H2,1-2H3,(H,18,19). The molecule has 2 rings (SSSR count). The van der Waals surface area contributed by atoms with Gasteiger partial charge in [-0.25, -0.2) is 4.79 Å². The molecule has 0 spiro atoms. The Labute approximate surface area is 122 Å². The third kappa shape index (κ3) is 3.11. The lowest BCUT2D eigenvalue weighted by Crippen LogP contribution is -2.30. The lowest BCUT2D eigenvalue weighted by Gasteiger charge is -2.27. The highest BCUT2D eigenvalue weighted by Crippen LogP contribution is 2.24. The van der Waals surface area contributed by atoms with Crippen LogP contribution in [0.3, 0.4) is 0 Å². The number of nitrogen functional groups attached to an aromatic ring is 1. The van der Waals surface area contributed by atoms with Crippen molar-refractivity contribution < 1.29 is 9.90 Å². The fourth-order valence-corrected chi connectivity index (χ4v) is 2.90. The molecule has 0 saturated carbocycles. The number of aromatic carboxylic acids is 1. The van der Waals surface area contributed by atoms with Crippen molar-refractivity contribution in [2.45, 2.75) is 19.4 Å². The van der Waals surface area contributed by atoms with Gasteiger partial charge < -0.3 is 15.7 Å². The van der Waals surface area contributed by atoms with Crippen LogP contribution in [0.1, 0.15) is 22.2 Å². The van der Waals surface area contributed by atoms with E-state index in [4.69, 9.17) is 10.8 Å². The number of hydrogen-bond donors (Lipinski definition) is 2. The van der Waals surface area contributed by atoms with Gasteiger partial charge in [0.1, 0.15) is 0 Å². The average molecular weight is 290 g/mol. The van der Waals surface area contributed by atoms with Crippen LogP contribution in [0.5, 0.6) is 0 Å². The Morgan fingerprint density at radius 3 is 2.75 bits per heavy atom. The highest BCUT2D eigenvalue weighted by molar-refractivity contribution is 7.09. The molecule has 0 amide bonds. The van der Waals surface area contributed by atoms with Crippen LogP contribution in [-0.2, 0) is 6.42 Å². The van der Waals surface area contributed by atoms with Gasteiger partial charge in [-0.1, -0.05) is 6.07 Å². The van der Waals surface area contributed by atoms with Crippen LogP contribution in [0, 0.1) is 0 Å². The van der Waals surface area contributed by atoms with Gasteiger partial charge in [-0.05, 0) is 36.6 Å². The molecule has 2 aromatic rings.